The number of carbonyl (C=O) groups is 2. The molecule has 2 heterocycles. The highest BCUT2D eigenvalue weighted by Gasteiger charge is 2.25. The molecule has 1 fully saturated rings. The molecule has 2 amide bonds. The molecule has 1 aliphatic rings. The van der Waals surface area contributed by atoms with Gasteiger partial charge in [0.05, 0.1) is 6.54 Å². The molecule has 0 aromatic carbocycles. The van der Waals surface area contributed by atoms with Crippen molar-refractivity contribution in [2.75, 3.05) is 26.2 Å². The summed E-state index contributed by atoms with van der Waals surface area (Å²) in [6, 6.07) is 0. The largest absolute Gasteiger partial charge is 0.341 e. The van der Waals surface area contributed by atoms with E-state index in [0.717, 1.165) is 44.0 Å². The monoisotopic (exact) mass is 347 g/mol. The van der Waals surface area contributed by atoms with Gasteiger partial charge in [-0.15, -0.1) is 0 Å². The van der Waals surface area contributed by atoms with E-state index in [-0.39, 0.29) is 18.4 Å². The van der Waals surface area contributed by atoms with Crippen molar-refractivity contribution in [2.45, 2.75) is 46.0 Å². The van der Waals surface area contributed by atoms with Crippen molar-refractivity contribution in [1.29, 1.82) is 0 Å². The topological polar surface area (TPSA) is 82.2 Å². The molecule has 0 radical (unpaired) electrons. The van der Waals surface area contributed by atoms with E-state index in [2.05, 4.69) is 35.6 Å². The predicted molar refractivity (Wildman–Crippen MR) is 95.9 cm³/mol. The normalized spacial score (nSPS) is 15.4. The lowest BCUT2D eigenvalue weighted by Gasteiger charge is -2.33. The van der Waals surface area contributed by atoms with Crippen LogP contribution in [0.1, 0.15) is 51.2 Å². The zero-order chi connectivity index (χ0) is 18.4. The second-order valence-corrected chi connectivity index (χ2v) is 6.88. The van der Waals surface area contributed by atoms with Crippen LogP contribution in [0.3, 0.4) is 0 Å². The van der Waals surface area contributed by atoms with Crippen LogP contribution in [-0.2, 0) is 16.0 Å². The Hall–Kier alpha value is -2.18. The standard InChI is InChI=1S/C18H29N5O2/c1-5-16(24)22(6-2)12-17(25)23-9-7-14(8-10-23)11-15-19-18(13(3)4)21-20-15/h5,13-14H,1,6-12H2,2-4H3,(H,19,20,21). The Kier molecular flexibility index (Phi) is 6.73. The van der Waals surface area contributed by atoms with Gasteiger partial charge in [-0.05, 0) is 31.8 Å². The molecule has 0 atom stereocenters. The first-order chi connectivity index (χ1) is 11.9. The fraction of sp³-hybridized carbons (Fsp3) is 0.667. The molecule has 1 aromatic rings. The lowest BCUT2D eigenvalue weighted by Crippen LogP contribution is -2.45. The van der Waals surface area contributed by atoms with Gasteiger partial charge in [-0.2, -0.15) is 5.10 Å². The number of aromatic amines is 1. The highest BCUT2D eigenvalue weighted by Crippen LogP contribution is 2.21. The molecule has 0 saturated carbocycles. The molecule has 1 saturated heterocycles. The Morgan fingerprint density at radius 1 is 1.40 bits per heavy atom. The van der Waals surface area contributed by atoms with Gasteiger partial charge in [0.1, 0.15) is 5.82 Å². The van der Waals surface area contributed by atoms with Gasteiger partial charge in [0, 0.05) is 32.0 Å². The summed E-state index contributed by atoms with van der Waals surface area (Å²) in [4.78, 5) is 32.0. The Bertz CT molecular complexity index is 602. The summed E-state index contributed by atoms with van der Waals surface area (Å²) < 4.78 is 0. The Labute approximate surface area is 149 Å². The minimum absolute atomic E-state index is 0.0114. The maximum Gasteiger partial charge on any atom is 0.246 e. The van der Waals surface area contributed by atoms with Crippen LogP contribution in [-0.4, -0.2) is 63.0 Å². The molecular formula is C18H29N5O2. The van der Waals surface area contributed by atoms with E-state index < -0.39 is 0 Å². The van der Waals surface area contributed by atoms with Crippen LogP contribution in [0.25, 0.3) is 0 Å². The first-order valence-electron chi connectivity index (χ1n) is 9.04. The van der Waals surface area contributed by atoms with E-state index in [4.69, 9.17) is 0 Å². The van der Waals surface area contributed by atoms with Gasteiger partial charge in [0.2, 0.25) is 11.8 Å². The second-order valence-electron chi connectivity index (χ2n) is 6.88. The number of amides is 2. The van der Waals surface area contributed by atoms with Crippen LogP contribution in [0.4, 0.5) is 0 Å². The lowest BCUT2D eigenvalue weighted by molar-refractivity contribution is -0.139. The fourth-order valence-electron chi connectivity index (χ4n) is 3.06. The smallest absolute Gasteiger partial charge is 0.246 e. The van der Waals surface area contributed by atoms with Crippen LogP contribution >= 0.6 is 0 Å². The number of likely N-dealkylation sites (N-methyl/N-ethyl adjacent to an activating group) is 1. The minimum atomic E-state index is -0.197. The van der Waals surface area contributed by atoms with Crippen molar-refractivity contribution < 1.29 is 9.59 Å². The number of carbonyl (C=O) groups excluding carboxylic acids is 2. The molecule has 0 aliphatic carbocycles. The molecule has 0 unspecified atom stereocenters. The van der Waals surface area contributed by atoms with Crippen LogP contribution in [0.15, 0.2) is 12.7 Å². The molecule has 1 aliphatic heterocycles. The number of nitrogens with zero attached hydrogens (tertiary/aromatic N) is 4. The Morgan fingerprint density at radius 2 is 2.08 bits per heavy atom. The molecular weight excluding hydrogens is 318 g/mol. The van der Waals surface area contributed by atoms with Crippen LogP contribution < -0.4 is 0 Å². The summed E-state index contributed by atoms with van der Waals surface area (Å²) in [5.74, 6) is 2.43. The molecule has 1 N–H and O–H groups in total. The van der Waals surface area contributed by atoms with E-state index in [1.807, 2.05) is 11.8 Å². The molecule has 7 heteroatoms. The summed E-state index contributed by atoms with van der Waals surface area (Å²) in [6.45, 7) is 11.6. The number of H-pyrrole nitrogens is 1. The third-order valence-corrected chi connectivity index (χ3v) is 4.71. The van der Waals surface area contributed by atoms with Crippen molar-refractivity contribution in [3.05, 3.63) is 24.3 Å². The summed E-state index contributed by atoms with van der Waals surface area (Å²) in [5.41, 5.74) is 0. The lowest BCUT2D eigenvalue weighted by atomic mass is 9.93. The number of hydrogen-bond acceptors (Lipinski definition) is 4. The Balaban J connectivity index is 1.81. The van der Waals surface area contributed by atoms with Crippen LogP contribution in [0.2, 0.25) is 0 Å². The Morgan fingerprint density at radius 3 is 2.60 bits per heavy atom. The van der Waals surface area contributed by atoms with Gasteiger partial charge in [-0.25, -0.2) is 4.98 Å². The average Bonchev–Trinajstić information content (AvgIpc) is 3.08. The first kappa shape index (κ1) is 19.1. The average molecular weight is 347 g/mol. The number of rotatable bonds is 7. The predicted octanol–water partition coefficient (Wildman–Crippen LogP) is 1.74. The van der Waals surface area contributed by atoms with Gasteiger partial charge in [-0.3, -0.25) is 14.7 Å². The van der Waals surface area contributed by atoms with Crippen molar-refractivity contribution >= 4 is 11.8 Å². The zero-order valence-electron chi connectivity index (χ0n) is 15.5. The van der Waals surface area contributed by atoms with Gasteiger partial charge >= 0.3 is 0 Å². The van der Waals surface area contributed by atoms with Gasteiger partial charge < -0.3 is 9.80 Å². The van der Waals surface area contributed by atoms with Crippen molar-refractivity contribution in [3.63, 3.8) is 0 Å². The quantitative estimate of drug-likeness (QED) is 0.762. The molecule has 25 heavy (non-hydrogen) atoms. The van der Waals surface area contributed by atoms with E-state index in [1.165, 1.54) is 11.0 Å². The van der Waals surface area contributed by atoms with Crippen molar-refractivity contribution in [2.24, 2.45) is 5.92 Å². The van der Waals surface area contributed by atoms with Gasteiger partial charge in [0.15, 0.2) is 5.82 Å². The molecule has 138 valence electrons. The summed E-state index contributed by atoms with van der Waals surface area (Å²) >= 11 is 0. The zero-order valence-corrected chi connectivity index (χ0v) is 15.5. The van der Waals surface area contributed by atoms with Crippen LogP contribution in [0, 0.1) is 5.92 Å². The van der Waals surface area contributed by atoms with E-state index in [1.54, 1.807) is 0 Å². The first-order valence-corrected chi connectivity index (χ1v) is 9.04. The van der Waals surface area contributed by atoms with Gasteiger partial charge in [-0.1, -0.05) is 20.4 Å². The highest BCUT2D eigenvalue weighted by atomic mass is 16.2. The minimum Gasteiger partial charge on any atom is -0.341 e. The molecule has 2 rings (SSSR count). The van der Waals surface area contributed by atoms with E-state index in [9.17, 15) is 9.59 Å². The maximum absolute atomic E-state index is 12.4. The van der Waals surface area contributed by atoms with Crippen LogP contribution in [0.5, 0.6) is 0 Å². The number of nitrogens with one attached hydrogen (secondary N) is 1. The van der Waals surface area contributed by atoms with Crippen molar-refractivity contribution in [1.82, 2.24) is 25.0 Å². The summed E-state index contributed by atoms with van der Waals surface area (Å²) in [6.07, 6.45) is 4.03. The third kappa shape index (κ3) is 5.14. The summed E-state index contributed by atoms with van der Waals surface area (Å²) in [7, 11) is 0. The number of hydrogen-bond donors (Lipinski definition) is 1. The molecule has 7 nitrogen and oxygen atoms in total. The molecule has 0 bridgehead atoms. The molecule has 1 aromatic heterocycles. The fourth-order valence-corrected chi connectivity index (χ4v) is 3.06. The SMILES string of the molecule is C=CC(=O)N(CC)CC(=O)N1CCC(Cc2nc(C(C)C)n[nH]2)CC1. The highest BCUT2D eigenvalue weighted by molar-refractivity contribution is 5.90. The van der Waals surface area contributed by atoms with Gasteiger partial charge in [0.25, 0.3) is 0 Å². The summed E-state index contributed by atoms with van der Waals surface area (Å²) in [5, 5.41) is 7.27. The number of likely N-dealkylation sites (tertiary alicyclic amines) is 1. The number of aromatic nitrogens is 3. The van der Waals surface area contributed by atoms with E-state index >= 15 is 0 Å². The van der Waals surface area contributed by atoms with Crippen molar-refractivity contribution in [3.8, 4) is 0 Å². The maximum atomic E-state index is 12.4. The second kappa shape index (κ2) is 8.78. The van der Waals surface area contributed by atoms with E-state index in [0.29, 0.717) is 18.4 Å². The number of piperidine rings is 1. The third-order valence-electron chi connectivity index (χ3n) is 4.71. The molecule has 0 spiro atoms.